The Kier molecular flexibility index (Phi) is 7.52. The number of aromatic nitrogens is 4. The summed E-state index contributed by atoms with van der Waals surface area (Å²) >= 11 is 0. The van der Waals surface area contributed by atoms with Crippen molar-refractivity contribution in [2.75, 3.05) is 7.11 Å². The van der Waals surface area contributed by atoms with Crippen molar-refractivity contribution in [3.05, 3.63) is 71.9 Å². The Balaban J connectivity index is 1.45. The van der Waals surface area contributed by atoms with E-state index in [-0.39, 0.29) is 36.8 Å². The van der Waals surface area contributed by atoms with Crippen LogP contribution in [-0.4, -0.2) is 50.1 Å². The van der Waals surface area contributed by atoms with E-state index >= 15 is 0 Å². The van der Waals surface area contributed by atoms with Crippen molar-refractivity contribution in [3.8, 4) is 17.3 Å². The summed E-state index contributed by atoms with van der Waals surface area (Å²) in [5, 5.41) is 15.5. The molecule has 3 heterocycles. The molecule has 0 unspecified atom stereocenters. The molecule has 0 spiro atoms. The van der Waals surface area contributed by atoms with Gasteiger partial charge in [-0.05, 0) is 66.9 Å². The van der Waals surface area contributed by atoms with Crippen LogP contribution in [0.25, 0.3) is 11.6 Å². The maximum atomic E-state index is 13.8. The smallest absolute Gasteiger partial charge is 0.247 e. The first-order valence-corrected chi connectivity index (χ1v) is 12.6. The molecule has 5 rings (SSSR count). The number of furan rings is 2. The van der Waals surface area contributed by atoms with E-state index in [1.807, 2.05) is 6.92 Å². The molecule has 3 aromatic heterocycles. The molecule has 0 aliphatic heterocycles. The summed E-state index contributed by atoms with van der Waals surface area (Å²) in [6, 6.07) is 13.4. The van der Waals surface area contributed by atoms with E-state index in [0.29, 0.717) is 28.6 Å². The first-order chi connectivity index (χ1) is 18.5. The highest BCUT2D eigenvalue weighted by molar-refractivity contribution is 5.89. The van der Waals surface area contributed by atoms with E-state index in [1.54, 1.807) is 55.6 Å². The second kappa shape index (κ2) is 11.3. The third-order valence-electron chi connectivity index (χ3n) is 6.61. The van der Waals surface area contributed by atoms with Crippen LogP contribution in [0, 0.1) is 6.92 Å². The molecule has 0 bridgehead atoms. The van der Waals surface area contributed by atoms with Crippen molar-refractivity contribution in [1.82, 2.24) is 30.4 Å². The quantitative estimate of drug-likeness (QED) is 0.337. The van der Waals surface area contributed by atoms with Gasteiger partial charge in [0.25, 0.3) is 0 Å². The average Bonchev–Trinajstić information content (AvgIpc) is 3.73. The number of carbonyl (C=O) groups is 2. The van der Waals surface area contributed by atoms with E-state index in [9.17, 15) is 9.59 Å². The number of hydrogen-bond donors (Lipinski definition) is 1. The van der Waals surface area contributed by atoms with Gasteiger partial charge >= 0.3 is 0 Å². The van der Waals surface area contributed by atoms with Gasteiger partial charge in [0.2, 0.25) is 17.6 Å². The Hall–Kier alpha value is -4.41. The molecule has 1 aromatic carbocycles. The highest BCUT2D eigenvalue weighted by atomic mass is 16.5. The number of tetrazole rings is 1. The molecule has 0 saturated heterocycles. The van der Waals surface area contributed by atoms with Gasteiger partial charge in [0.15, 0.2) is 5.76 Å². The van der Waals surface area contributed by atoms with Crippen molar-refractivity contribution < 1.29 is 23.2 Å². The zero-order valence-electron chi connectivity index (χ0n) is 21.4. The summed E-state index contributed by atoms with van der Waals surface area (Å²) in [4.78, 5) is 30.2. The number of ether oxygens (including phenoxy) is 1. The lowest BCUT2D eigenvalue weighted by molar-refractivity contribution is -0.143. The number of methoxy groups -OCH3 is 1. The van der Waals surface area contributed by atoms with Crippen LogP contribution in [0.15, 0.2) is 63.6 Å². The standard InChI is InChI=1S/C27H30N6O5/c1-18-9-14-23(38-18)26-29-31-33(30-26)17-24(34)32(16-22-8-5-15-37-22)25(19-10-12-21(36-2)13-11-19)27(35)28-20-6-3-4-7-20/h5,8-15,20,25H,3-4,6-7,16-17H2,1-2H3,(H,28,35)/t25-/m1/s1. The molecule has 38 heavy (non-hydrogen) atoms. The Labute approximate surface area is 219 Å². The molecular formula is C27H30N6O5. The number of carbonyl (C=O) groups excluding carboxylic acids is 2. The number of nitrogens with zero attached hydrogens (tertiary/aromatic N) is 5. The second-order valence-corrected chi connectivity index (χ2v) is 9.32. The summed E-state index contributed by atoms with van der Waals surface area (Å²) in [6.45, 7) is 1.68. The summed E-state index contributed by atoms with van der Waals surface area (Å²) in [7, 11) is 1.58. The molecule has 2 amide bonds. The lowest BCUT2D eigenvalue weighted by atomic mass is 10.0. The zero-order valence-corrected chi connectivity index (χ0v) is 21.4. The Morgan fingerprint density at radius 2 is 1.95 bits per heavy atom. The number of nitrogens with one attached hydrogen (secondary N) is 1. The molecule has 198 valence electrons. The van der Waals surface area contributed by atoms with E-state index in [4.69, 9.17) is 13.6 Å². The third kappa shape index (κ3) is 5.77. The van der Waals surface area contributed by atoms with Crippen LogP contribution in [0.5, 0.6) is 5.75 Å². The SMILES string of the molecule is COc1ccc([C@H](C(=O)NC2CCCC2)N(Cc2ccco2)C(=O)Cn2nnc(-c3ccc(C)o3)n2)cc1. The number of aryl methyl sites for hydroxylation is 1. The molecule has 1 atom stereocenters. The number of hydrogen-bond acceptors (Lipinski definition) is 8. The molecule has 4 aromatic rings. The Bertz CT molecular complexity index is 1350. The van der Waals surface area contributed by atoms with Crippen molar-refractivity contribution in [1.29, 1.82) is 0 Å². The van der Waals surface area contributed by atoms with E-state index in [0.717, 1.165) is 25.7 Å². The van der Waals surface area contributed by atoms with E-state index in [1.165, 1.54) is 16.0 Å². The average molecular weight is 519 g/mol. The number of rotatable bonds is 10. The van der Waals surface area contributed by atoms with Crippen molar-refractivity contribution in [2.45, 2.75) is 57.8 Å². The normalized spacial score (nSPS) is 14.4. The van der Waals surface area contributed by atoms with Gasteiger partial charge in [0.05, 0.1) is 19.9 Å². The highest BCUT2D eigenvalue weighted by Gasteiger charge is 2.34. The van der Waals surface area contributed by atoms with Gasteiger partial charge in [-0.15, -0.1) is 10.2 Å². The molecule has 11 nitrogen and oxygen atoms in total. The zero-order chi connectivity index (χ0) is 26.5. The first-order valence-electron chi connectivity index (χ1n) is 12.6. The number of benzene rings is 1. The second-order valence-electron chi connectivity index (χ2n) is 9.32. The van der Waals surface area contributed by atoms with Crippen LogP contribution in [-0.2, 0) is 22.7 Å². The molecular weight excluding hydrogens is 488 g/mol. The minimum absolute atomic E-state index is 0.0829. The van der Waals surface area contributed by atoms with Gasteiger partial charge < -0.3 is 23.8 Å². The largest absolute Gasteiger partial charge is 0.497 e. The molecule has 11 heteroatoms. The fraction of sp³-hybridized carbons (Fsp3) is 0.370. The lowest BCUT2D eigenvalue weighted by Crippen LogP contribution is -2.46. The van der Waals surface area contributed by atoms with E-state index < -0.39 is 6.04 Å². The monoisotopic (exact) mass is 518 g/mol. The lowest BCUT2D eigenvalue weighted by Gasteiger charge is -2.31. The molecule has 1 aliphatic carbocycles. The Morgan fingerprint density at radius 3 is 2.61 bits per heavy atom. The summed E-state index contributed by atoms with van der Waals surface area (Å²) < 4.78 is 16.4. The van der Waals surface area contributed by atoms with Crippen molar-refractivity contribution in [3.63, 3.8) is 0 Å². The fourth-order valence-corrected chi connectivity index (χ4v) is 4.68. The summed E-state index contributed by atoms with van der Waals surface area (Å²) in [6.07, 6.45) is 5.52. The summed E-state index contributed by atoms with van der Waals surface area (Å²) in [5.74, 6) is 2.02. The van der Waals surface area contributed by atoms with Gasteiger partial charge in [-0.25, -0.2) is 0 Å². The fourth-order valence-electron chi connectivity index (χ4n) is 4.68. The van der Waals surface area contributed by atoms with Crippen LogP contribution in [0.1, 0.15) is 48.8 Å². The molecule has 1 saturated carbocycles. The number of amides is 2. The maximum Gasteiger partial charge on any atom is 0.247 e. The molecule has 1 aliphatic rings. The van der Waals surface area contributed by atoms with Gasteiger partial charge in [0.1, 0.15) is 29.9 Å². The predicted octanol–water partition coefficient (Wildman–Crippen LogP) is 3.67. The van der Waals surface area contributed by atoms with Crippen LogP contribution >= 0.6 is 0 Å². The van der Waals surface area contributed by atoms with Gasteiger partial charge in [-0.2, -0.15) is 4.80 Å². The van der Waals surface area contributed by atoms with Gasteiger partial charge in [-0.3, -0.25) is 9.59 Å². The van der Waals surface area contributed by atoms with Gasteiger partial charge in [0, 0.05) is 6.04 Å². The minimum atomic E-state index is -0.908. The first kappa shape index (κ1) is 25.2. The predicted molar refractivity (Wildman–Crippen MR) is 136 cm³/mol. The molecule has 1 fully saturated rings. The maximum absolute atomic E-state index is 13.8. The molecule has 0 radical (unpaired) electrons. The minimum Gasteiger partial charge on any atom is -0.497 e. The van der Waals surface area contributed by atoms with Crippen LogP contribution < -0.4 is 10.1 Å². The van der Waals surface area contributed by atoms with Crippen molar-refractivity contribution >= 4 is 11.8 Å². The van der Waals surface area contributed by atoms with Crippen molar-refractivity contribution in [2.24, 2.45) is 0 Å². The van der Waals surface area contributed by atoms with E-state index in [2.05, 4.69) is 20.7 Å². The van der Waals surface area contributed by atoms with Crippen LogP contribution in [0.3, 0.4) is 0 Å². The third-order valence-corrected chi connectivity index (χ3v) is 6.61. The van der Waals surface area contributed by atoms with Crippen LogP contribution in [0.4, 0.5) is 0 Å². The topological polar surface area (TPSA) is 129 Å². The molecule has 1 N–H and O–H groups in total. The van der Waals surface area contributed by atoms with Gasteiger partial charge in [-0.1, -0.05) is 25.0 Å². The Morgan fingerprint density at radius 1 is 1.16 bits per heavy atom. The highest BCUT2D eigenvalue weighted by Crippen LogP contribution is 2.28. The van der Waals surface area contributed by atoms with Crippen LogP contribution in [0.2, 0.25) is 0 Å². The summed E-state index contributed by atoms with van der Waals surface area (Å²) in [5.41, 5.74) is 0.652.